The van der Waals surface area contributed by atoms with Gasteiger partial charge in [0.2, 0.25) is 0 Å². The number of hydrogen-bond donors (Lipinski definition) is 3. The highest BCUT2D eigenvalue weighted by Gasteiger charge is 2.47. The number of thiol groups is 1. The molecule has 7 heterocycles. The number of rotatable bonds is 4. The molecule has 24 heteroatoms. The van der Waals surface area contributed by atoms with Crippen molar-refractivity contribution in [3.8, 4) is 0 Å². The second-order valence-corrected chi connectivity index (χ2v) is 17.0. The van der Waals surface area contributed by atoms with Crippen molar-refractivity contribution < 1.29 is 51.1 Å². The molecule has 270 valence electrons. The summed E-state index contributed by atoms with van der Waals surface area (Å²) in [5.41, 5.74) is -1.47. The minimum absolute atomic E-state index is 0.0115. The summed E-state index contributed by atoms with van der Waals surface area (Å²) in [7, 11) is -4.77. The monoisotopic (exact) mass is 758 g/mol. The Morgan fingerprint density at radius 3 is 2.18 bits per heavy atom. The Morgan fingerprint density at radius 2 is 1.52 bits per heavy atom. The van der Waals surface area contributed by atoms with Crippen LogP contribution in [0.2, 0.25) is 0 Å². The van der Waals surface area contributed by atoms with Crippen molar-refractivity contribution in [1.82, 2.24) is 38.6 Å². The zero-order valence-corrected chi connectivity index (χ0v) is 29.3. The van der Waals surface area contributed by atoms with Gasteiger partial charge in [0.05, 0.1) is 37.6 Å². The van der Waals surface area contributed by atoms with Gasteiger partial charge in [0.15, 0.2) is 29.1 Å². The molecule has 8 atom stereocenters. The Balaban J connectivity index is 1.08. The number of carbonyl (C=O) groups excluding carboxylic acids is 1. The number of imidazole rings is 2. The van der Waals surface area contributed by atoms with Crippen LogP contribution in [-0.4, -0.2) is 87.1 Å². The zero-order chi connectivity index (χ0) is 35.6. The van der Waals surface area contributed by atoms with Crippen molar-refractivity contribution in [3.05, 3.63) is 46.0 Å². The van der Waals surface area contributed by atoms with Crippen molar-refractivity contribution in [2.75, 3.05) is 13.2 Å². The number of fused-ring (bicyclic) bond motifs is 4. The molecule has 50 heavy (non-hydrogen) atoms. The first kappa shape index (κ1) is 35.1. The summed E-state index contributed by atoms with van der Waals surface area (Å²) in [4.78, 5) is 67.2. The topological polar surface area (TPSA) is 252 Å². The van der Waals surface area contributed by atoms with Gasteiger partial charge in [-0.2, -0.15) is 0 Å². The highest BCUT2D eigenvalue weighted by molar-refractivity contribution is 8.44. The van der Waals surface area contributed by atoms with Crippen molar-refractivity contribution >= 4 is 55.2 Å². The van der Waals surface area contributed by atoms with Gasteiger partial charge < -0.3 is 24.1 Å². The van der Waals surface area contributed by atoms with Crippen LogP contribution in [0, 0.1) is 5.41 Å². The Kier molecular flexibility index (Phi) is 9.15. The van der Waals surface area contributed by atoms with Crippen LogP contribution in [0.4, 0.5) is 0 Å². The number of ether oxygens (including phenoxy) is 3. The van der Waals surface area contributed by atoms with E-state index in [1.807, 2.05) is 0 Å². The highest BCUT2D eigenvalue weighted by atomic mass is 32.7. The third kappa shape index (κ3) is 6.97. The van der Waals surface area contributed by atoms with E-state index in [9.17, 15) is 28.4 Å². The average Bonchev–Trinajstić information content (AvgIpc) is 3.83. The fourth-order valence-electron chi connectivity index (χ4n) is 5.67. The molecule has 0 aromatic carbocycles. The lowest BCUT2D eigenvalue weighted by molar-refractivity contribution is -0.157. The molecule has 4 aromatic rings. The maximum Gasteiger partial charge on any atom is 0.472 e. The summed E-state index contributed by atoms with van der Waals surface area (Å²) in [5.74, 6) is -0.508. The number of phosphoric ester groups is 1. The lowest BCUT2D eigenvalue weighted by atomic mass is 9.98. The number of phosphoric acid groups is 1. The molecule has 7 rings (SSSR count). The highest BCUT2D eigenvalue weighted by Crippen LogP contribution is 2.58. The molecule has 4 aromatic heterocycles. The van der Waals surface area contributed by atoms with Crippen LogP contribution in [0.3, 0.4) is 0 Å². The number of aromatic nitrogens is 8. The second kappa shape index (κ2) is 13.0. The first-order valence-corrected chi connectivity index (χ1v) is 19.4. The average molecular weight is 759 g/mol. The number of esters is 1. The number of H-pyrrole nitrogens is 1. The SMILES string of the molecule is CC(C)(C)C(=O)OCn1cnc2c(ncn2[C@H]2C[C@@H]3OP(=O)(S)OC[C@H]4O[C@@H](n5cnc6c(=O)[nH]cnc65)C[C@@H]4OP(=O)(O)OC[C@H]3O2)c1=O. The van der Waals surface area contributed by atoms with Crippen molar-refractivity contribution in [1.29, 1.82) is 0 Å². The minimum atomic E-state index is -4.77. The van der Waals surface area contributed by atoms with E-state index in [1.165, 1.54) is 34.4 Å². The number of carbonyl (C=O) groups is 1. The van der Waals surface area contributed by atoms with Crippen LogP contribution in [0.1, 0.15) is 46.1 Å². The van der Waals surface area contributed by atoms with Crippen molar-refractivity contribution in [2.45, 2.75) is 77.2 Å². The van der Waals surface area contributed by atoms with E-state index in [2.05, 4.69) is 37.2 Å². The largest absolute Gasteiger partial charge is 0.472 e. The molecular weight excluding hydrogens is 726 g/mol. The first-order valence-electron chi connectivity index (χ1n) is 15.2. The van der Waals surface area contributed by atoms with E-state index in [0.29, 0.717) is 0 Å². The van der Waals surface area contributed by atoms with Gasteiger partial charge in [0.1, 0.15) is 43.2 Å². The summed E-state index contributed by atoms with van der Waals surface area (Å²) < 4.78 is 70.1. The molecule has 0 amide bonds. The molecule has 0 bridgehead atoms. The molecule has 2 N–H and O–H groups in total. The molecule has 3 fully saturated rings. The van der Waals surface area contributed by atoms with Crippen LogP contribution < -0.4 is 11.1 Å². The molecule has 0 saturated carbocycles. The molecule has 3 aliphatic rings. The summed E-state index contributed by atoms with van der Waals surface area (Å²) in [6.45, 7) is -0.436. The summed E-state index contributed by atoms with van der Waals surface area (Å²) in [6.07, 6.45) is -1.07. The molecule has 21 nitrogen and oxygen atoms in total. The Morgan fingerprint density at radius 1 is 0.920 bits per heavy atom. The molecule has 0 spiro atoms. The van der Waals surface area contributed by atoms with Gasteiger partial charge in [0.25, 0.3) is 11.1 Å². The third-order valence-electron chi connectivity index (χ3n) is 8.19. The lowest BCUT2D eigenvalue weighted by Gasteiger charge is -2.27. The minimum Gasteiger partial charge on any atom is -0.443 e. The van der Waals surface area contributed by atoms with E-state index < -0.39 is 87.2 Å². The first-order chi connectivity index (χ1) is 23.6. The van der Waals surface area contributed by atoms with Crippen molar-refractivity contribution in [2.24, 2.45) is 5.41 Å². The predicted molar refractivity (Wildman–Crippen MR) is 171 cm³/mol. The predicted octanol–water partition coefficient (Wildman–Crippen LogP) is 1.80. The zero-order valence-electron chi connectivity index (χ0n) is 26.6. The van der Waals surface area contributed by atoms with Gasteiger partial charge in [-0.25, -0.2) is 29.1 Å². The van der Waals surface area contributed by atoms with Crippen molar-refractivity contribution in [3.63, 3.8) is 0 Å². The van der Waals surface area contributed by atoms with Gasteiger partial charge in [-0.1, -0.05) is 12.2 Å². The molecule has 0 radical (unpaired) electrons. The molecule has 3 aliphatic heterocycles. The smallest absolute Gasteiger partial charge is 0.443 e. The van der Waals surface area contributed by atoms with Gasteiger partial charge in [-0.3, -0.25) is 46.2 Å². The summed E-state index contributed by atoms with van der Waals surface area (Å²) >= 11 is 4.15. The Bertz CT molecular complexity index is 2160. The standard InChI is InChI=1S/C26H32N8O13P2S/c1-26(2,3)25(37)41-12-32-9-31-22-20(24(32)36)30-11-34(22)18-5-14-15(44-18)6-42-48(38,39)46-13-4-17(45-16(13)7-43-49(40,50)47-14)33-10-29-19-21(33)27-8-28-23(19)35/h8-11,13-18H,4-7,12H2,1-3H3,(H,38,39)(H,40,50)(H,27,28,35)/t13-,14-,15+,16+,17+,18+,49?/m0/s1. The van der Waals surface area contributed by atoms with Crippen LogP contribution in [0.15, 0.2) is 34.9 Å². The normalized spacial score (nSPS) is 32.3. The van der Waals surface area contributed by atoms with E-state index in [0.717, 1.165) is 4.57 Å². The number of hydrogen-bond acceptors (Lipinski definition) is 16. The second-order valence-electron chi connectivity index (χ2n) is 12.8. The Hall–Kier alpha value is -3.30. The van der Waals surface area contributed by atoms with E-state index in [4.69, 9.17) is 32.3 Å². The molecule has 0 aliphatic carbocycles. The number of nitrogens with one attached hydrogen (secondary N) is 1. The van der Waals surface area contributed by atoms with Crippen LogP contribution in [0.25, 0.3) is 22.3 Å². The van der Waals surface area contributed by atoms with Crippen LogP contribution >= 0.6 is 26.9 Å². The third-order valence-corrected chi connectivity index (χ3v) is 10.8. The molecular formula is C26H32N8O13P2S. The fraction of sp³-hybridized carbons (Fsp3) is 0.577. The van der Waals surface area contributed by atoms with Gasteiger partial charge in [-0.05, 0) is 20.8 Å². The maximum absolute atomic E-state index is 13.5. The molecule has 3 saturated heterocycles. The summed E-state index contributed by atoms with van der Waals surface area (Å²) in [6, 6.07) is 0. The number of aromatic amines is 1. The fourth-order valence-corrected chi connectivity index (χ4v) is 8.15. The van der Waals surface area contributed by atoms with Gasteiger partial charge in [-0.15, -0.1) is 0 Å². The van der Waals surface area contributed by atoms with E-state index in [-0.39, 0.29) is 41.9 Å². The maximum atomic E-state index is 13.5. The number of nitrogens with zero attached hydrogens (tertiary/aromatic N) is 7. The van der Waals surface area contributed by atoms with E-state index in [1.54, 1.807) is 20.8 Å². The van der Waals surface area contributed by atoms with E-state index >= 15 is 0 Å². The van der Waals surface area contributed by atoms with Crippen LogP contribution in [0.5, 0.6) is 0 Å². The quantitative estimate of drug-likeness (QED) is 0.152. The molecule has 2 unspecified atom stereocenters. The lowest BCUT2D eigenvalue weighted by Crippen LogP contribution is -2.32. The van der Waals surface area contributed by atoms with Crippen LogP contribution in [-0.2, 0) is 53.0 Å². The summed E-state index contributed by atoms with van der Waals surface area (Å²) in [5, 5.41) is 0. The van der Waals surface area contributed by atoms with Gasteiger partial charge >= 0.3 is 20.6 Å². The van der Waals surface area contributed by atoms with Gasteiger partial charge in [0, 0.05) is 12.8 Å². The Labute approximate surface area is 286 Å².